The lowest BCUT2D eigenvalue weighted by Crippen LogP contribution is -2.25. The van der Waals surface area contributed by atoms with Crippen molar-refractivity contribution in [2.24, 2.45) is 5.10 Å². The van der Waals surface area contributed by atoms with Crippen LogP contribution in [0.1, 0.15) is 29.8 Å². The molecule has 0 N–H and O–H groups in total. The quantitative estimate of drug-likeness (QED) is 0.317. The molecule has 4 aromatic rings. The number of ether oxygens (including phenoxy) is 2. The number of rotatable bonds is 5. The van der Waals surface area contributed by atoms with Gasteiger partial charge < -0.3 is 9.47 Å². The van der Waals surface area contributed by atoms with Gasteiger partial charge in [0.1, 0.15) is 12.4 Å². The summed E-state index contributed by atoms with van der Waals surface area (Å²) < 4.78 is 12.9. The van der Waals surface area contributed by atoms with Gasteiger partial charge in [0, 0.05) is 18.1 Å². The van der Waals surface area contributed by atoms with Gasteiger partial charge in [0.05, 0.1) is 4.47 Å². The molecule has 1 aliphatic heterocycles. The van der Waals surface area contributed by atoms with Gasteiger partial charge in [-0.2, -0.15) is 5.01 Å². The molecule has 0 saturated heterocycles. The van der Waals surface area contributed by atoms with Gasteiger partial charge in [0.25, 0.3) is 0 Å². The Balaban J connectivity index is 1.38. The minimum absolute atomic E-state index is 0.198. The number of nitrogens with zero attached hydrogens (tertiary/aromatic N) is 2. The average molecular weight is 501 g/mol. The van der Waals surface area contributed by atoms with Crippen molar-refractivity contribution >= 4 is 38.5 Å². The van der Waals surface area contributed by atoms with Crippen molar-refractivity contribution < 1.29 is 14.3 Å². The fourth-order valence-corrected chi connectivity index (χ4v) is 4.26. The van der Waals surface area contributed by atoms with Crippen molar-refractivity contribution in [1.82, 2.24) is 5.01 Å². The zero-order valence-corrected chi connectivity index (χ0v) is 19.5. The molecule has 0 spiro atoms. The standard InChI is InChI=1S/C27H21BrN2O3/c1-18(31)30-27(33-26(29-30)22-12-11-20-9-5-6-10-21(20)15-22)23-13-14-25(24(28)16-23)32-17-19-7-3-2-4-8-19/h2-16,27H,17H2,1H3/t27-/m1/s1. The number of carbonyl (C=O) groups is 1. The fourth-order valence-electron chi connectivity index (χ4n) is 3.75. The molecule has 4 aromatic carbocycles. The Morgan fingerprint density at radius 2 is 1.73 bits per heavy atom. The highest BCUT2D eigenvalue weighted by atomic mass is 79.9. The Morgan fingerprint density at radius 3 is 2.48 bits per heavy atom. The Labute approximate surface area is 200 Å². The van der Waals surface area contributed by atoms with Crippen molar-refractivity contribution in [3.8, 4) is 5.75 Å². The van der Waals surface area contributed by atoms with E-state index in [2.05, 4.69) is 27.1 Å². The summed E-state index contributed by atoms with van der Waals surface area (Å²) >= 11 is 3.59. The average Bonchev–Trinajstić information content (AvgIpc) is 3.30. The second-order valence-electron chi connectivity index (χ2n) is 7.77. The van der Waals surface area contributed by atoms with Crippen LogP contribution in [-0.2, 0) is 16.1 Å². The third-order valence-electron chi connectivity index (χ3n) is 5.44. The molecular weight excluding hydrogens is 480 g/mol. The van der Waals surface area contributed by atoms with E-state index in [1.807, 2.05) is 84.9 Å². The molecule has 1 heterocycles. The van der Waals surface area contributed by atoms with Crippen LogP contribution in [0.25, 0.3) is 10.8 Å². The largest absolute Gasteiger partial charge is 0.488 e. The molecule has 1 amide bonds. The van der Waals surface area contributed by atoms with Crippen LogP contribution in [0, 0.1) is 0 Å². The topological polar surface area (TPSA) is 51.1 Å². The zero-order valence-electron chi connectivity index (χ0n) is 17.9. The fraction of sp³-hybridized carbons (Fsp3) is 0.111. The molecule has 1 atom stereocenters. The second-order valence-corrected chi connectivity index (χ2v) is 8.62. The van der Waals surface area contributed by atoms with Crippen molar-refractivity contribution in [2.75, 3.05) is 0 Å². The van der Waals surface area contributed by atoms with Crippen LogP contribution in [0.2, 0.25) is 0 Å². The number of benzene rings is 4. The van der Waals surface area contributed by atoms with Gasteiger partial charge in [-0.05, 0) is 62.6 Å². The maximum atomic E-state index is 12.3. The number of hydrogen-bond acceptors (Lipinski definition) is 4. The molecule has 0 saturated carbocycles. The van der Waals surface area contributed by atoms with Gasteiger partial charge in [0.15, 0.2) is 0 Å². The maximum Gasteiger partial charge on any atom is 0.243 e. The van der Waals surface area contributed by atoms with Gasteiger partial charge in [0.2, 0.25) is 18.0 Å². The van der Waals surface area contributed by atoms with E-state index in [1.165, 1.54) is 11.9 Å². The van der Waals surface area contributed by atoms with Crippen LogP contribution in [-0.4, -0.2) is 16.8 Å². The first-order valence-electron chi connectivity index (χ1n) is 10.6. The van der Waals surface area contributed by atoms with Crippen molar-refractivity contribution in [3.63, 3.8) is 0 Å². The monoisotopic (exact) mass is 500 g/mol. The summed E-state index contributed by atoms with van der Waals surface area (Å²) in [4.78, 5) is 12.3. The first-order chi connectivity index (χ1) is 16.1. The summed E-state index contributed by atoms with van der Waals surface area (Å²) in [7, 11) is 0. The molecule has 164 valence electrons. The molecular formula is C27H21BrN2O3. The smallest absolute Gasteiger partial charge is 0.243 e. The predicted octanol–water partition coefficient (Wildman–Crippen LogP) is 6.42. The Morgan fingerprint density at radius 1 is 0.970 bits per heavy atom. The SMILES string of the molecule is CC(=O)N1N=C(c2ccc3ccccc3c2)O[C@@H]1c1ccc(OCc2ccccc2)c(Br)c1. The van der Waals surface area contributed by atoms with Gasteiger partial charge in [-0.15, -0.1) is 5.10 Å². The molecule has 1 aliphatic rings. The highest BCUT2D eigenvalue weighted by Gasteiger charge is 2.33. The number of fused-ring (bicyclic) bond motifs is 1. The summed E-state index contributed by atoms with van der Waals surface area (Å²) in [5.74, 6) is 0.934. The minimum Gasteiger partial charge on any atom is -0.488 e. The molecule has 0 unspecified atom stereocenters. The summed E-state index contributed by atoms with van der Waals surface area (Å²) in [6.45, 7) is 1.95. The third-order valence-corrected chi connectivity index (χ3v) is 6.06. The van der Waals surface area contributed by atoms with Crippen LogP contribution in [0.4, 0.5) is 0 Å². The van der Waals surface area contributed by atoms with Crippen molar-refractivity contribution in [2.45, 2.75) is 19.8 Å². The highest BCUT2D eigenvalue weighted by molar-refractivity contribution is 9.10. The van der Waals surface area contributed by atoms with Gasteiger partial charge in [-0.1, -0.05) is 60.7 Å². The molecule has 6 heteroatoms. The highest BCUT2D eigenvalue weighted by Crippen LogP contribution is 2.35. The molecule has 5 nitrogen and oxygen atoms in total. The lowest BCUT2D eigenvalue weighted by Gasteiger charge is -2.20. The molecule has 0 bridgehead atoms. The van der Waals surface area contributed by atoms with E-state index in [0.29, 0.717) is 18.3 Å². The molecule has 0 aliphatic carbocycles. The number of hydrazone groups is 1. The van der Waals surface area contributed by atoms with Crippen LogP contribution in [0.3, 0.4) is 0 Å². The van der Waals surface area contributed by atoms with E-state index in [9.17, 15) is 4.79 Å². The van der Waals surface area contributed by atoms with E-state index < -0.39 is 6.23 Å². The van der Waals surface area contributed by atoms with Crippen LogP contribution in [0.15, 0.2) is 101 Å². The van der Waals surface area contributed by atoms with Crippen molar-refractivity contribution in [1.29, 1.82) is 0 Å². The lowest BCUT2D eigenvalue weighted by molar-refractivity contribution is -0.135. The summed E-state index contributed by atoms with van der Waals surface area (Å²) in [6.07, 6.45) is -0.650. The Kier molecular flexibility index (Phi) is 5.84. The lowest BCUT2D eigenvalue weighted by atomic mass is 10.1. The van der Waals surface area contributed by atoms with E-state index in [4.69, 9.17) is 9.47 Å². The molecule has 0 fully saturated rings. The molecule has 0 aromatic heterocycles. The van der Waals surface area contributed by atoms with Gasteiger partial charge >= 0.3 is 0 Å². The first kappa shape index (κ1) is 21.2. The summed E-state index contributed by atoms with van der Waals surface area (Å²) in [5, 5.41) is 8.07. The maximum absolute atomic E-state index is 12.3. The second kappa shape index (κ2) is 9.08. The Bertz CT molecular complexity index is 1350. The third kappa shape index (κ3) is 4.47. The molecule has 0 radical (unpaired) electrons. The summed E-state index contributed by atoms with van der Waals surface area (Å²) in [6, 6.07) is 29.7. The number of halogens is 1. The summed E-state index contributed by atoms with van der Waals surface area (Å²) in [5.41, 5.74) is 2.71. The van der Waals surface area contributed by atoms with Crippen molar-refractivity contribution in [3.05, 3.63) is 112 Å². The minimum atomic E-state index is -0.650. The van der Waals surface area contributed by atoms with Crippen LogP contribution in [0.5, 0.6) is 5.75 Å². The number of amides is 1. The predicted molar refractivity (Wildman–Crippen MR) is 132 cm³/mol. The van der Waals surface area contributed by atoms with Gasteiger partial charge in [-0.25, -0.2) is 0 Å². The van der Waals surface area contributed by atoms with E-state index >= 15 is 0 Å². The van der Waals surface area contributed by atoms with Crippen LogP contribution >= 0.6 is 15.9 Å². The Hall–Kier alpha value is -3.64. The van der Waals surface area contributed by atoms with E-state index in [-0.39, 0.29) is 5.91 Å². The van der Waals surface area contributed by atoms with Gasteiger partial charge in [-0.3, -0.25) is 4.79 Å². The molecule has 33 heavy (non-hydrogen) atoms. The number of carbonyl (C=O) groups excluding carboxylic acids is 1. The molecule has 5 rings (SSSR count). The van der Waals surface area contributed by atoms with E-state index in [0.717, 1.165) is 31.9 Å². The number of hydrogen-bond donors (Lipinski definition) is 0. The van der Waals surface area contributed by atoms with E-state index in [1.54, 1.807) is 0 Å². The first-order valence-corrected chi connectivity index (χ1v) is 11.4. The normalized spacial score (nSPS) is 15.3. The van der Waals surface area contributed by atoms with Crippen LogP contribution < -0.4 is 4.74 Å². The zero-order chi connectivity index (χ0) is 22.8.